The van der Waals surface area contributed by atoms with Gasteiger partial charge in [-0.15, -0.1) is 5.92 Å². The zero-order valence-electron chi connectivity index (χ0n) is 30.3. The Labute approximate surface area is 316 Å². The number of nitrogens with zero attached hydrogens (tertiary/aromatic N) is 3. The molecule has 54 heavy (non-hydrogen) atoms. The van der Waals surface area contributed by atoms with Gasteiger partial charge in [-0.1, -0.05) is 42.3 Å². The average Bonchev–Trinajstić information content (AvgIpc) is 4.00. The van der Waals surface area contributed by atoms with E-state index in [0.29, 0.717) is 25.1 Å². The normalized spacial score (nSPS) is 17.9. The van der Waals surface area contributed by atoms with E-state index in [1.54, 1.807) is 30.3 Å². The molecule has 0 aliphatic carbocycles. The number of H-pyrrole nitrogens is 2. The van der Waals surface area contributed by atoms with E-state index >= 15 is 0 Å². The van der Waals surface area contributed by atoms with E-state index in [1.807, 2.05) is 73.7 Å². The average molecular weight is 762 g/mol. The van der Waals surface area contributed by atoms with Crippen molar-refractivity contribution in [2.24, 2.45) is 5.92 Å². The first-order valence-corrected chi connectivity index (χ1v) is 21.3. The monoisotopic (exact) mass is 761 g/mol. The Kier molecular flexibility index (Phi) is 9.52. The molecule has 1 unspecified atom stereocenters. The highest BCUT2D eigenvalue weighted by molar-refractivity contribution is 7.91. The Morgan fingerprint density at radius 2 is 1.30 bits per heavy atom. The lowest BCUT2D eigenvalue weighted by atomic mass is 10.1. The molecule has 3 N–H and O–H groups in total. The highest BCUT2D eigenvalue weighted by Crippen LogP contribution is 2.39. The number of sulfone groups is 1. The minimum absolute atomic E-state index is 0.0853. The van der Waals surface area contributed by atoms with E-state index in [0.717, 1.165) is 73.9 Å². The summed E-state index contributed by atoms with van der Waals surface area (Å²) < 4.78 is 57.2. The lowest BCUT2D eigenvalue weighted by Gasteiger charge is -2.24. The first kappa shape index (κ1) is 35.9. The first-order chi connectivity index (χ1) is 26.0. The topological polar surface area (TPSA) is 130 Å². The quantitative estimate of drug-likeness (QED) is 0.136. The lowest BCUT2D eigenvalue weighted by molar-refractivity contribution is 0.198. The minimum Gasteiger partial charge on any atom is -0.391 e. The third-order valence-electron chi connectivity index (χ3n) is 10.7. The number of aliphatic hydroxyl groups is 1. The Morgan fingerprint density at radius 3 is 1.87 bits per heavy atom. The van der Waals surface area contributed by atoms with Gasteiger partial charge in [0.05, 0.1) is 21.6 Å². The SMILES string of the molecule is CC#CC1CCN(c2ccc(S(=O)(=O)N(C)CCS(=O)(=O)c3ccc(N4CC[C@H](O)C4)c(-c4cc5ccccc5[nH]4)c3)cc2-c2cc3ccccc3[nH]2)C1. The second kappa shape index (κ2) is 14.3. The summed E-state index contributed by atoms with van der Waals surface area (Å²) in [5, 5.41) is 12.3. The number of aliphatic hydroxyl groups excluding tert-OH is 1. The van der Waals surface area contributed by atoms with E-state index in [1.165, 1.54) is 7.05 Å². The molecule has 6 aromatic rings. The fraction of sp³-hybridized carbons (Fsp3) is 0.286. The van der Waals surface area contributed by atoms with Crippen LogP contribution >= 0.6 is 0 Å². The third-order valence-corrected chi connectivity index (χ3v) is 14.2. The van der Waals surface area contributed by atoms with Gasteiger partial charge in [0.15, 0.2) is 9.84 Å². The maximum atomic E-state index is 14.1. The van der Waals surface area contributed by atoms with Crippen LogP contribution in [0.25, 0.3) is 44.3 Å². The molecule has 2 aliphatic heterocycles. The fourth-order valence-corrected chi connectivity index (χ4v) is 10.4. The van der Waals surface area contributed by atoms with Crippen molar-refractivity contribution in [3.63, 3.8) is 0 Å². The van der Waals surface area contributed by atoms with Gasteiger partial charge in [0.1, 0.15) is 0 Å². The predicted molar refractivity (Wildman–Crippen MR) is 216 cm³/mol. The zero-order valence-corrected chi connectivity index (χ0v) is 31.9. The van der Waals surface area contributed by atoms with Crippen molar-refractivity contribution in [1.29, 1.82) is 0 Å². The van der Waals surface area contributed by atoms with Crippen LogP contribution in [0.2, 0.25) is 0 Å². The fourth-order valence-electron chi connectivity index (χ4n) is 7.73. The molecular weight excluding hydrogens is 719 g/mol. The largest absolute Gasteiger partial charge is 0.391 e. The molecule has 0 spiro atoms. The van der Waals surface area contributed by atoms with E-state index in [4.69, 9.17) is 0 Å². The number of β-amino-alcohol motifs (C(OH)–C–C–N with tert-alkyl or cyclic N) is 1. The molecule has 4 heterocycles. The molecule has 0 radical (unpaired) electrons. The minimum atomic E-state index is -4.07. The molecule has 8 rings (SSSR count). The molecular formula is C42H43N5O5S2. The van der Waals surface area contributed by atoms with Gasteiger partial charge in [-0.25, -0.2) is 16.8 Å². The molecule has 2 saturated heterocycles. The second-order valence-electron chi connectivity index (χ2n) is 14.3. The molecule has 10 nitrogen and oxygen atoms in total. The smallest absolute Gasteiger partial charge is 0.242 e. The highest BCUT2D eigenvalue weighted by atomic mass is 32.2. The summed E-state index contributed by atoms with van der Waals surface area (Å²) in [6.07, 6.45) is 1.10. The van der Waals surface area contributed by atoms with E-state index in [9.17, 15) is 21.9 Å². The molecule has 2 fully saturated rings. The first-order valence-electron chi connectivity index (χ1n) is 18.2. The van der Waals surface area contributed by atoms with Crippen LogP contribution in [0.4, 0.5) is 11.4 Å². The van der Waals surface area contributed by atoms with Crippen LogP contribution in [0.15, 0.2) is 107 Å². The standard InChI is InChI=1S/C42H43N5O5S2/c1-3-8-29-17-19-46(27-29)41-16-14-34(26-36(41)40-24-31-10-5-7-12-38(31)44-40)54(51,52)45(2)21-22-53(49,50)33-13-15-42(47-20-18-32(48)28-47)35(25-33)39-23-30-9-4-6-11-37(30)43-39/h4-7,9-16,23-26,29,32,43-44,48H,17-22,27-28H2,1-2H3/t29?,32-/m0/s1. The van der Waals surface area contributed by atoms with Crippen molar-refractivity contribution in [2.45, 2.75) is 35.7 Å². The van der Waals surface area contributed by atoms with Gasteiger partial charge in [0.25, 0.3) is 0 Å². The van der Waals surface area contributed by atoms with Crippen molar-refractivity contribution in [3.05, 3.63) is 97.1 Å². The molecule has 0 saturated carbocycles. The van der Waals surface area contributed by atoms with Crippen LogP contribution in [0, 0.1) is 17.8 Å². The van der Waals surface area contributed by atoms with E-state index in [2.05, 4.69) is 31.6 Å². The summed E-state index contributed by atoms with van der Waals surface area (Å²) in [7, 11) is -6.56. The molecule has 0 amide bonds. The number of hydrogen-bond acceptors (Lipinski definition) is 7. The number of aromatic amines is 2. The van der Waals surface area contributed by atoms with Crippen LogP contribution in [-0.4, -0.2) is 87.8 Å². The lowest BCUT2D eigenvalue weighted by Crippen LogP contribution is -2.32. The summed E-state index contributed by atoms with van der Waals surface area (Å²) >= 11 is 0. The molecule has 2 aromatic heterocycles. The van der Waals surface area contributed by atoms with Gasteiger partial charge in [-0.05, 0) is 80.4 Å². The molecule has 278 valence electrons. The summed E-state index contributed by atoms with van der Waals surface area (Å²) in [6.45, 7) is 4.27. The summed E-state index contributed by atoms with van der Waals surface area (Å²) in [5.74, 6) is 6.15. The second-order valence-corrected chi connectivity index (χ2v) is 18.4. The van der Waals surface area contributed by atoms with Crippen LogP contribution in [-0.2, 0) is 19.9 Å². The third kappa shape index (κ3) is 6.89. The highest BCUT2D eigenvalue weighted by Gasteiger charge is 2.30. The van der Waals surface area contributed by atoms with E-state index < -0.39 is 31.7 Å². The van der Waals surface area contributed by atoms with Gasteiger partial charge < -0.3 is 24.9 Å². The number of aromatic nitrogens is 2. The molecule has 2 aliphatic rings. The number of fused-ring (bicyclic) bond motifs is 2. The Morgan fingerprint density at radius 1 is 0.741 bits per heavy atom. The Hall–Kier alpha value is -5.06. The maximum absolute atomic E-state index is 14.1. The Bertz CT molecular complexity index is 2590. The summed E-state index contributed by atoms with van der Waals surface area (Å²) in [4.78, 5) is 11.4. The number of nitrogens with one attached hydrogen (secondary N) is 2. The number of para-hydroxylation sites is 2. The van der Waals surface area contributed by atoms with Gasteiger partial charge in [0, 0.05) is 101 Å². The maximum Gasteiger partial charge on any atom is 0.242 e. The molecule has 12 heteroatoms. The van der Waals surface area contributed by atoms with E-state index in [-0.39, 0.29) is 22.3 Å². The van der Waals surface area contributed by atoms with Crippen molar-refractivity contribution in [2.75, 3.05) is 55.3 Å². The van der Waals surface area contributed by atoms with Gasteiger partial charge in [-0.2, -0.15) is 4.31 Å². The predicted octanol–water partition coefficient (Wildman–Crippen LogP) is 6.50. The van der Waals surface area contributed by atoms with Crippen LogP contribution in [0.1, 0.15) is 19.8 Å². The van der Waals surface area contributed by atoms with Crippen molar-refractivity contribution >= 4 is 53.0 Å². The van der Waals surface area contributed by atoms with Gasteiger partial charge in [0.2, 0.25) is 10.0 Å². The number of benzene rings is 4. The number of rotatable bonds is 10. The molecule has 2 atom stereocenters. The Balaban J connectivity index is 1.08. The molecule has 4 aromatic carbocycles. The molecule has 0 bridgehead atoms. The van der Waals surface area contributed by atoms with Crippen LogP contribution in [0.5, 0.6) is 0 Å². The number of anilines is 2. The van der Waals surface area contributed by atoms with Crippen LogP contribution in [0.3, 0.4) is 0 Å². The van der Waals surface area contributed by atoms with Crippen molar-refractivity contribution in [1.82, 2.24) is 14.3 Å². The summed E-state index contributed by atoms with van der Waals surface area (Å²) in [5.41, 5.74) is 6.65. The number of hydrogen-bond donors (Lipinski definition) is 3. The zero-order chi connectivity index (χ0) is 37.6. The van der Waals surface area contributed by atoms with Crippen molar-refractivity contribution in [3.8, 4) is 34.4 Å². The van der Waals surface area contributed by atoms with Crippen molar-refractivity contribution < 1.29 is 21.9 Å². The van der Waals surface area contributed by atoms with Gasteiger partial charge in [-0.3, -0.25) is 0 Å². The summed E-state index contributed by atoms with van der Waals surface area (Å²) in [6, 6.07) is 30.0. The van der Waals surface area contributed by atoms with Gasteiger partial charge >= 0.3 is 0 Å². The number of sulfonamides is 1. The van der Waals surface area contributed by atoms with Crippen LogP contribution < -0.4 is 9.80 Å².